The minimum Gasteiger partial charge on any atom is -0.337 e. The van der Waals surface area contributed by atoms with Crippen LogP contribution in [-0.2, 0) is 19.6 Å². The highest BCUT2D eigenvalue weighted by Crippen LogP contribution is 2.27. The maximum absolute atomic E-state index is 13.3. The van der Waals surface area contributed by atoms with E-state index in [1.54, 1.807) is 4.90 Å². The maximum atomic E-state index is 13.3. The molecule has 1 aromatic carbocycles. The number of hydrogen-bond acceptors (Lipinski definition) is 4. The van der Waals surface area contributed by atoms with E-state index in [1.165, 1.54) is 24.3 Å². The van der Waals surface area contributed by atoms with Gasteiger partial charge in [0, 0.05) is 37.1 Å². The molecule has 3 unspecified atom stereocenters. The predicted octanol–water partition coefficient (Wildman–Crippen LogP) is 4.16. The summed E-state index contributed by atoms with van der Waals surface area (Å²) in [7, 11) is -3.89. The van der Waals surface area contributed by atoms with Gasteiger partial charge in [0.15, 0.2) is 0 Å². The van der Waals surface area contributed by atoms with Crippen molar-refractivity contribution in [2.75, 3.05) is 19.6 Å². The average Bonchev–Trinajstić information content (AvgIpc) is 2.70. The van der Waals surface area contributed by atoms with Gasteiger partial charge in [-0.15, -0.1) is 0 Å². The van der Waals surface area contributed by atoms with E-state index in [4.69, 9.17) is 11.6 Å². The first kappa shape index (κ1) is 28.6. The van der Waals surface area contributed by atoms with Gasteiger partial charge in [0.1, 0.15) is 6.04 Å². The van der Waals surface area contributed by atoms with Crippen LogP contribution < -0.4 is 4.72 Å². The lowest BCUT2D eigenvalue weighted by atomic mass is 9.84. The summed E-state index contributed by atoms with van der Waals surface area (Å²) in [4.78, 5) is 29.8. The highest BCUT2D eigenvalue weighted by atomic mass is 35.5. The van der Waals surface area contributed by atoms with E-state index in [0.29, 0.717) is 31.1 Å². The quantitative estimate of drug-likeness (QED) is 0.565. The monoisotopic (exact) mass is 513 g/mol. The largest absolute Gasteiger partial charge is 0.337 e. The molecule has 3 atom stereocenters. The molecule has 0 saturated carbocycles. The minimum atomic E-state index is -3.89. The molecule has 1 aromatic rings. The van der Waals surface area contributed by atoms with E-state index >= 15 is 0 Å². The van der Waals surface area contributed by atoms with E-state index in [0.717, 1.165) is 6.42 Å². The molecule has 2 amide bonds. The minimum absolute atomic E-state index is 0.0588. The van der Waals surface area contributed by atoms with Gasteiger partial charge < -0.3 is 9.80 Å². The number of nitrogens with one attached hydrogen (secondary N) is 1. The van der Waals surface area contributed by atoms with Crippen LogP contribution in [0, 0.1) is 17.3 Å². The number of amides is 2. The van der Waals surface area contributed by atoms with Gasteiger partial charge in [-0.2, -0.15) is 4.72 Å². The summed E-state index contributed by atoms with van der Waals surface area (Å²) < 4.78 is 28.3. The number of piperazine rings is 1. The first-order valence-corrected chi connectivity index (χ1v) is 13.8. The fourth-order valence-corrected chi connectivity index (χ4v) is 6.04. The molecule has 34 heavy (non-hydrogen) atoms. The lowest BCUT2D eigenvalue weighted by molar-refractivity contribution is -0.144. The summed E-state index contributed by atoms with van der Waals surface area (Å²) in [5, 5.41) is 0.435. The number of carbonyl (C=O) groups excluding carboxylic acids is 2. The molecule has 192 valence electrons. The van der Waals surface area contributed by atoms with Crippen LogP contribution in [0.25, 0.3) is 0 Å². The van der Waals surface area contributed by atoms with Crippen molar-refractivity contribution in [3.63, 3.8) is 0 Å². The highest BCUT2D eigenvalue weighted by Gasteiger charge is 2.36. The zero-order valence-electron chi connectivity index (χ0n) is 21.5. The number of hydrogen-bond donors (Lipinski definition) is 1. The molecule has 2 rings (SSSR count). The second kappa shape index (κ2) is 11.4. The van der Waals surface area contributed by atoms with Crippen LogP contribution in [0.5, 0.6) is 0 Å². The van der Waals surface area contributed by atoms with Crippen LogP contribution >= 0.6 is 11.6 Å². The molecule has 0 aromatic heterocycles. The van der Waals surface area contributed by atoms with Gasteiger partial charge >= 0.3 is 0 Å². The Kier molecular flexibility index (Phi) is 9.59. The Bertz CT molecular complexity index is 957. The average molecular weight is 514 g/mol. The van der Waals surface area contributed by atoms with E-state index < -0.39 is 16.1 Å². The van der Waals surface area contributed by atoms with Gasteiger partial charge in [0.05, 0.1) is 4.90 Å². The Morgan fingerprint density at radius 2 is 1.71 bits per heavy atom. The number of nitrogens with zero attached hydrogens (tertiary/aromatic N) is 2. The highest BCUT2D eigenvalue weighted by molar-refractivity contribution is 7.89. The van der Waals surface area contributed by atoms with Crippen LogP contribution in [0.15, 0.2) is 29.2 Å². The van der Waals surface area contributed by atoms with Crippen molar-refractivity contribution in [1.29, 1.82) is 0 Å². The molecule has 1 heterocycles. The van der Waals surface area contributed by atoms with E-state index in [9.17, 15) is 18.0 Å². The summed E-state index contributed by atoms with van der Waals surface area (Å²) in [5.74, 6) is -0.123. The predicted molar refractivity (Wildman–Crippen MR) is 136 cm³/mol. The number of rotatable bonds is 8. The molecule has 1 saturated heterocycles. The molecule has 1 fully saturated rings. The maximum Gasteiger partial charge on any atom is 0.241 e. The first-order chi connectivity index (χ1) is 15.6. The van der Waals surface area contributed by atoms with Gasteiger partial charge in [0.25, 0.3) is 0 Å². The molecule has 7 nitrogen and oxygen atoms in total. The number of halogens is 1. The Morgan fingerprint density at radius 3 is 2.21 bits per heavy atom. The van der Waals surface area contributed by atoms with Crippen LogP contribution in [0.2, 0.25) is 5.02 Å². The van der Waals surface area contributed by atoms with Crippen LogP contribution in [0.4, 0.5) is 0 Å². The molecule has 1 aliphatic heterocycles. The van der Waals surface area contributed by atoms with Crippen molar-refractivity contribution >= 4 is 33.4 Å². The Morgan fingerprint density at radius 1 is 1.12 bits per heavy atom. The van der Waals surface area contributed by atoms with E-state index in [1.807, 2.05) is 25.7 Å². The topological polar surface area (TPSA) is 86.8 Å². The van der Waals surface area contributed by atoms with E-state index in [-0.39, 0.29) is 40.0 Å². The van der Waals surface area contributed by atoms with E-state index in [2.05, 4.69) is 32.4 Å². The Balaban J connectivity index is 2.04. The standard InChI is InChI=1S/C25H40ClN3O4S/c1-17(2)23(27-34(32,33)21-10-8-20(26)9-11-21)24(31)28-12-13-29(19(4)16-28)22(30)14-18(3)15-25(5,6)7/h8-11,17-19,23,27H,12-16H2,1-7H3. The summed E-state index contributed by atoms with van der Waals surface area (Å²) in [5.41, 5.74) is 0.168. The lowest BCUT2D eigenvalue weighted by Crippen LogP contribution is -2.60. The van der Waals surface area contributed by atoms with Crippen LogP contribution in [-0.4, -0.2) is 61.7 Å². The zero-order chi connectivity index (χ0) is 25.8. The normalized spacial score (nSPS) is 19.3. The number of carbonyl (C=O) groups is 2. The molecule has 9 heteroatoms. The molecule has 1 aliphatic rings. The Labute approximate surface area is 210 Å². The summed E-state index contributed by atoms with van der Waals surface area (Å²) in [6, 6.07) is 4.81. The molecular formula is C25H40ClN3O4S. The molecule has 1 N–H and O–H groups in total. The molecule has 0 spiro atoms. The smallest absolute Gasteiger partial charge is 0.241 e. The summed E-state index contributed by atoms with van der Waals surface area (Å²) >= 11 is 5.87. The van der Waals surface area contributed by atoms with Gasteiger partial charge in [-0.3, -0.25) is 9.59 Å². The number of sulfonamides is 1. The first-order valence-electron chi connectivity index (χ1n) is 12.0. The fourth-order valence-electron chi connectivity index (χ4n) is 4.58. The zero-order valence-corrected chi connectivity index (χ0v) is 23.0. The van der Waals surface area contributed by atoms with Gasteiger partial charge in [-0.05, 0) is 54.9 Å². The fraction of sp³-hybridized carbons (Fsp3) is 0.680. The van der Waals surface area contributed by atoms with Crippen molar-refractivity contribution in [3.8, 4) is 0 Å². The third-order valence-electron chi connectivity index (χ3n) is 6.08. The summed E-state index contributed by atoms with van der Waals surface area (Å²) in [6.45, 7) is 15.4. The van der Waals surface area contributed by atoms with Crippen molar-refractivity contribution in [2.45, 2.75) is 78.3 Å². The molecule has 0 aliphatic carbocycles. The molecular weight excluding hydrogens is 474 g/mol. The second-order valence-corrected chi connectivity index (χ2v) is 13.2. The van der Waals surface area contributed by atoms with Crippen molar-refractivity contribution in [1.82, 2.24) is 14.5 Å². The van der Waals surface area contributed by atoms with Crippen molar-refractivity contribution in [2.24, 2.45) is 17.3 Å². The third kappa shape index (κ3) is 7.95. The summed E-state index contributed by atoms with van der Waals surface area (Å²) in [6.07, 6.45) is 1.46. The van der Waals surface area contributed by atoms with Crippen LogP contribution in [0.1, 0.15) is 61.3 Å². The Hall–Kier alpha value is -1.64. The van der Waals surface area contributed by atoms with Crippen LogP contribution in [0.3, 0.4) is 0 Å². The van der Waals surface area contributed by atoms with Crippen molar-refractivity contribution < 1.29 is 18.0 Å². The SMILES string of the molecule is CC(CC(=O)N1CCN(C(=O)C(NS(=O)(=O)c2ccc(Cl)cc2)C(C)C)CC1C)CC(C)(C)C. The van der Waals surface area contributed by atoms with Gasteiger partial charge in [-0.1, -0.05) is 53.1 Å². The van der Waals surface area contributed by atoms with Gasteiger partial charge in [0.2, 0.25) is 21.8 Å². The molecule has 0 radical (unpaired) electrons. The second-order valence-electron chi connectivity index (χ2n) is 11.1. The van der Waals surface area contributed by atoms with Crippen molar-refractivity contribution in [3.05, 3.63) is 29.3 Å². The van der Waals surface area contributed by atoms with Gasteiger partial charge in [-0.25, -0.2) is 8.42 Å². The molecule has 0 bridgehead atoms. The lowest BCUT2D eigenvalue weighted by Gasteiger charge is -2.42. The number of benzene rings is 1. The third-order valence-corrected chi connectivity index (χ3v) is 7.79.